The molecule has 1 amide bonds. The van der Waals surface area contributed by atoms with E-state index in [0.717, 1.165) is 18.4 Å². The van der Waals surface area contributed by atoms with Crippen molar-refractivity contribution in [1.82, 2.24) is 4.90 Å². The average molecular weight is 399 g/mol. The van der Waals surface area contributed by atoms with Gasteiger partial charge in [-0.3, -0.25) is 4.79 Å². The van der Waals surface area contributed by atoms with Crippen LogP contribution in [0.5, 0.6) is 11.5 Å². The van der Waals surface area contributed by atoms with Crippen LogP contribution < -0.4 is 9.47 Å². The molecule has 154 valence electrons. The highest BCUT2D eigenvalue weighted by Crippen LogP contribution is 2.38. The van der Waals surface area contributed by atoms with Crippen molar-refractivity contribution < 1.29 is 28.2 Å². The highest BCUT2D eigenvalue weighted by Gasteiger charge is 2.31. The van der Waals surface area contributed by atoms with Crippen LogP contribution in [-0.2, 0) is 9.53 Å². The molecule has 1 fully saturated rings. The van der Waals surface area contributed by atoms with Crippen molar-refractivity contribution in [2.24, 2.45) is 0 Å². The van der Waals surface area contributed by atoms with Crippen LogP contribution in [0, 0.1) is 6.92 Å². The van der Waals surface area contributed by atoms with Gasteiger partial charge in [-0.1, -0.05) is 0 Å². The lowest BCUT2D eigenvalue weighted by molar-refractivity contribution is -0.126. The Balaban J connectivity index is 1.79. The summed E-state index contributed by atoms with van der Waals surface area (Å²) >= 11 is 0. The van der Waals surface area contributed by atoms with Crippen LogP contribution in [0.15, 0.2) is 34.8 Å². The van der Waals surface area contributed by atoms with E-state index in [2.05, 4.69) is 0 Å². The zero-order valence-electron chi connectivity index (χ0n) is 17.1. The van der Waals surface area contributed by atoms with Gasteiger partial charge in [-0.2, -0.15) is 0 Å². The number of aryl methyl sites for hydroxylation is 1. The van der Waals surface area contributed by atoms with E-state index in [1.807, 2.05) is 23.1 Å². The van der Waals surface area contributed by atoms with Gasteiger partial charge in [-0.05, 0) is 44.0 Å². The SMILES string of the molecule is COC(=O)c1cc(C=CC(=O)N2CCCC2c2ccc(OC)cc2OC)oc1C. The van der Waals surface area contributed by atoms with Gasteiger partial charge in [0, 0.05) is 24.3 Å². The summed E-state index contributed by atoms with van der Waals surface area (Å²) in [5.74, 6) is 1.68. The molecule has 1 atom stereocenters. The first-order chi connectivity index (χ1) is 14.0. The van der Waals surface area contributed by atoms with Gasteiger partial charge >= 0.3 is 5.97 Å². The monoisotopic (exact) mass is 399 g/mol. The molecule has 2 aromatic rings. The van der Waals surface area contributed by atoms with Gasteiger partial charge in [0.05, 0.1) is 27.4 Å². The molecule has 29 heavy (non-hydrogen) atoms. The fourth-order valence-electron chi connectivity index (χ4n) is 3.60. The summed E-state index contributed by atoms with van der Waals surface area (Å²) in [5.41, 5.74) is 1.30. The van der Waals surface area contributed by atoms with E-state index in [-0.39, 0.29) is 11.9 Å². The first kappa shape index (κ1) is 20.5. The molecule has 1 aromatic heterocycles. The molecule has 2 heterocycles. The molecule has 0 aliphatic carbocycles. The third-order valence-corrected chi connectivity index (χ3v) is 5.07. The van der Waals surface area contributed by atoms with E-state index >= 15 is 0 Å². The van der Waals surface area contributed by atoms with Crippen molar-refractivity contribution in [2.45, 2.75) is 25.8 Å². The second-order valence-corrected chi connectivity index (χ2v) is 6.74. The molecule has 0 spiro atoms. The zero-order chi connectivity index (χ0) is 21.0. The van der Waals surface area contributed by atoms with Gasteiger partial charge in [0.1, 0.15) is 28.6 Å². The quantitative estimate of drug-likeness (QED) is 0.544. The highest BCUT2D eigenvalue weighted by atomic mass is 16.5. The lowest BCUT2D eigenvalue weighted by atomic mass is 10.0. The van der Waals surface area contributed by atoms with Crippen molar-refractivity contribution in [3.63, 3.8) is 0 Å². The first-order valence-corrected chi connectivity index (χ1v) is 9.37. The number of esters is 1. The van der Waals surface area contributed by atoms with Crippen molar-refractivity contribution in [3.8, 4) is 11.5 Å². The fraction of sp³-hybridized carbons (Fsp3) is 0.364. The van der Waals surface area contributed by atoms with E-state index < -0.39 is 5.97 Å². The summed E-state index contributed by atoms with van der Waals surface area (Å²) in [4.78, 5) is 26.4. The number of carbonyl (C=O) groups is 2. The molecule has 1 aliphatic rings. The summed E-state index contributed by atoms with van der Waals surface area (Å²) in [6, 6.07) is 7.13. The highest BCUT2D eigenvalue weighted by molar-refractivity contribution is 5.93. The number of nitrogens with zero attached hydrogens (tertiary/aromatic N) is 1. The number of carbonyl (C=O) groups excluding carboxylic acids is 2. The minimum Gasteiger partial charge on any atom is -0.497 e. The van der Waals surface area contributed by atoms with Crippen LogP contribution >= 0.6 is 0 Å². The Kier molecular flexibility index (Phi) is 6.26. The van der Waals surface area contributed by atoms with Crippen LogP contribution in [0.3, 0.4) is 0 Å². The van der Waals surface area contributed by atoms with Gasteiger partial charge in [0.2, 0.25) is 5.91 Å². The molecular formula is C22H25NO6. The Bertz CT molecular complexity index is 929. The van der Waals surface area contributed by atoms with Gasteiger partial charge in [0.25, 0.3) is 0 Å². The summed E-state index contributed by atoms with van der Waals surface area (Å²) < 4.78 is 21.0. The molecule has 7 nitrogen and oxygen atoms in total. The van der Waals surface area contributed by atoms with E-state index in [1.54, 1.807) is 33.3 Å². The normalized spacial score (nSPS) is 16.3. The molecule has 0 saturated carbocycles. The van der Waals surface area contributed by atoms with Gasteiger partial charge in [-0.15, -0.1) is 0 Å². The molecule has 0 bridgehead atoms. The smallest absolute Gasteiger partial charge is 0.341 e. The Morgan fingerprint density at radius 1 is 1.17 bits per heavy atom. The largest absolute Gasteiger partial charge is 0.497 e. The third-order valence-electron chi connectivity index (χ3n) is 5.07. The van der Waals surface area contributed by atoms with E-state index in [9.17, 15) is 9.59 Å². The van der Waals surface area contributed by atoms with E-state index in [1.165, 1.54) is 13.2 Å². The number of hydrogen-bond acceptors (Lipinski definition) is 6. The predicted molar refractivity (Wildman–Crippen MR) is 107 cm³/mol. The molecule has 0 radical (unpaired) electrons. The number of ether oxygens (including phenoxy) is 3. The number of benzene rings is 1. The van der Waals surface area contributed by atoms with Crippen molar-refractivity contribution in [1.29, 1.82) is 0 Å². The lowest BCUT2D eigenvalue weighted by Gasteiger charge is -2.25. The summed E-state index contributed by atoms with van der Waals surface area (Å²) in [6.45, 7) is 2.34. The molecule has 3 rings (SSSR count). The number of likely N-dealkylation sites (tertiary alicyclic amines) is 1. The Morgan fingerprint density at radius 3 is 2.66 bits per heavy atom. The minimum atomic E-state index is -0.469. The Labute approximate surface area is 169 Å². The standard InChI is InChI=1S/C22H25NO6/c1-14-18(22(25)28-4)12-16(29-14)8-10-21(24)23-11-5-6-19(23)17-9-7-15(26-2)13-20(17)27-3/h7-10,12-13,19H,5-6,11H2,1-4H3. The maximum absolute atomic E-state index is 12.8. The average Bonchev–Trinajstić information content (AvgIpc) is 3.37. The third kappa shape index (κ3) is 4.29. The number of amides is 1. The molecule has 1 saturated heterocycles. The van der Waals surface area contributed by atoms with Crippen molar-refractivity contribution in [3.05, 3.63) is 53.0 Å². The van der Waals surface area contributed by atoms with Crippen LogP contribution in [0.4, 0.5) is 0 Å². The van der Waals surface area contributed by atoms with Crippen LogP contribution in [0.1, 0.15) is 46.3 Å². The molecular weight excluding hydrogens is 374 g/mol. The molecule has 0 N–H and O–H groups in total. The summed E-state index contributed by atoms with van der Waals surface area (Å²) in [6.07, 6.45) is 4.80. The summed E-state index contributed by atoms with van der Waals surface area (Å²) in [7, 11) is 4.53. The molecule has 1 unspecified atom stereocenters. The molecule has 1 aliphatic heterocycles. The molecule has 1 aromatic carbocycles. The topological polar surface area (TPSA) is 78.2 Å². The number of hydrogen-bond donors (Lipinski definition) is 0. The first-order valence-electron chi connectivity index (χ1n) is 9.37. The van der Waals surface area contributed by atoms with Gasteiger partial charge in [0.15, 0.2) is 0 Å². The Hall–Kier alpha value is -3.22. The molecule has 7 heteroatoms. The number of furan rings is 1. The predicted octanol–water partition coefficient (Wildman–Crippen LogP) is 3.77. The second kappa shape index (κ2) is 8.86. The number of rotatable bonds is 6. The minimum absolute atomic E-state index is 0.0722. The Morgan fingerprint density at radius 2 is 1.97 bits per heavy atom. The van der Waals surface area contributed by atoms with E-state index in [0.29, 0.717) is 35.1 Å². The second-order valence-electron chi connectivity index (χ2n) is 6.74. The number of methoxy groups -OCH3 is 3. The lowest BCUT2D eigenvalue weighted by Crippen LogP contribution is -2.29. The van der Waals surface area contributed by atoms with Gasteiger partial charge in [-0.25, -0.2) is 4.79 Å². The maximum atomic E-state index is 12.8. The van der Waals surface area contributed by atoms with Crippen LogP contribution in [-0.4, -0.2) is 44.7 Å². The maximum Gasteiger partial charge on any atom is 0.341 e. The summed E-state index contributed by atoms with van der Waals surface area (Å²) in [5, 5.41) is 0. The van der Waals surface area contributed by atoms with Crippen molar-refractivity contribution >= 4 is 18.0 Å². The van der Waals surface area contributed by atoms with Crippen LogP contribution in [0.25, 0.3) is 6.08 Å². The van der Waals surface area contributed by atoms with Gasteiger partial charge < -0.3 is 23.5 Å². The fourth-order valence-corrected chi connectivity index (χ4v) is 3.60. The zero-order valence-corrected chi connectivity index (χ0v) is 17.1. The van der Waals surface area contributed by atoms with Crippen LogP contribution in [0.2, 0.25) is 0 Å². The van der Waals surface area contributed by atoms with Crippen molar-refractivity contribution in [2.75, 3.05) is 27.9 Å². The van der Waals surface area contributed by atoms with E-state index in [4.69, 9.17) is 18.6 Å².